The van der Waals surface area contributed by atoms with Crippen molar-refractivity contribution in [2.24, 2.45) is 0 Å². The van der Waals surface area contributed by atoms with Crippen LogP contribution in [0.5, 0.6) is 5.75 Å². The maximum Gasteiger partial charge on any atom is 0.339 e. The molecule has 0 saturated heterocycles. The molecule has 6 nitrogen and oxygen atoms in total. The number of hydrogen-bond donors (Lipinski definition) is 3. The Labute approximate surface area is 149 Å². The maximum absolute atomic E-state index is 11.3. The Balaban J connectivity index is 1.92. The highest BCUT2D eigenvalue weighted by atomic mass is 35.5. The number of aromatic nitrogens is 2. The van der Waals surface area contributed by atoms with E-state index < -0.39 is 5.97 Å². The number of aromatic amines is 1. The summed E-state index contributed by atoms with van der Waals surface area (Å²) in [5, 5.41) is 20.3. The van der Waals surface area contributed by atoms with Crippen LogP contribution in [0.25, 0.3) is 0 Å². The molecule has 0 bridgehead atoms. The second-order valence-electron chi connectivity index (χ2n) is 5.44. The Kier molecular flexibility index (Phi) is 4.90. The van der Waals surface area contributed by atoms with Gasteiger partial charge < -0.3 is 20.1 Å². The number of phenols is 1. The second kappa shape index (κ2) is 7.27. The monoisotopic (exact) mass is 357 g/mol. The SMILES string of the molecule is O=C(O)c1cccc(N(CCc2ccc(Cl)cc2)c2cnc[nH]2)c1O. The van der Waals surface area contributed by atoms with Gasteiger partial charge in [0.1, 0.15) is 11.4 Å². The fourth-order valence-electron chi connectivity index (χ4n) is 2.58. The van der Waals surface area contributed by atoms with Gasteiger partial charge >= 0.3 is 5.97 Å². The number of halogens is 1. The van der Waals surface area contributed by atoms with Crippen LogP contribution in [0, 0.1) is 0 Å². The Hall–Kier alpha value is -2.99. The molecule has 0 spiro atoms. The standard InChI is InChI=1S/C18H16ClN3O3/c19-13-6-4-12(5-7-13)8-9-22(16-10-20-11-21-16)15-3-1-2-14(17(15)23)18(24)25/h1-7,10-11,23H,8-9H2,(H,20,21)(H,24,25). The Morgan fingerprint density at radius 1 is 1.20 bits per heavy atom. The Bertz CT molecular complexity index is 864. The largest absolute Gasteiger partial charge is 0.505 e. The molecular formula is C18H16ClN3O3. The molecular weight excluding hydrogens is 342 g/mol. The van der Waals surface area contributed by atoms with Gasteiger partial charge in [-0.15, -0.1) is 0 Å². The van der Waals surface area contributed by atoms with E-state index in [1.807, 2.05) is 24.3 Å². The molecule has 3 N–H and O–H groups in total. The van der Waals surface area contributed by atoms with Gasteiger partial charge in [-0.3, -0.25) is 0 Å². The van der Waals surface area contributed by atoms with Crippen molar-refractivity contribution in [3.8, 4) is 5.75 Å². The van der Waals surface area contributed by atoms with E-state index in [1.165, 1.54) is 12.4 Å². The Morgan fingerprint density at radius 3 is 2.60 bits per heavy atom. The number of carboxylic acids is 1. The van der Waals surface area contributed by atoms with Gasteiger partial charge in [0.25, 0.3) is 0 Å². The lowest BCUT2D eigenvalue weighted by Crippen LogP contribution is -2.21. The van der Waals surface area contributed by atoms with Crippen molar-refractivity contribution in [3.63, 3.8) is 0 Å². The highest BCUT2D eigenvalue weighted by molar-refractivity contribution is 6.30. The van der Waals surface area contributed by atoms with Gasteiger partial charge in [-0.25, -0.2) is 9.78 Å². The summed E-state index contributed by atoms with van der Waals surface area (Å²) in [7, 11) is 0. The van der Waals surface area contributed by atoms with Crippen LogP contribution in [0.4, 0.5) is 11.5 Å². The first-order chi connectivity index (χ1) is 12.1. The molecule has 25 heavy (non-hydrogen) atoms. The van der Waals surface area contributed by atoms with Crippen molar-refractivity contribution >= 4 is 29.1 Å². The van der Waals surface area contributed by atoms with Gasteiger partial charge in [-0.05, 0) is 36.2 Å². The normalized spacial score (nSPS) is 10.6. The molecule has 3 rings (SSSR count). The minimum Gasteiger partial charge on any atom is -0.505 e. The lowest BCUT2D eigenvalue weighted by Gasteiger charge is -2.24. The van der Waals surface area contributed by atoms with E-state index in [0.717, 1.165) is 5.56 Å². The van der Waals surface area contributed by atoms with Gasteiger partial charge in [-0.1, -0.05) is 29.8 Å². The van der Waals surface area contributed by atoms with Crippen molar-refractivity contribution in [1.82, 2.24) is 9.97 Å². The number of hydrogen-bond acceptors (Lipinski definition) is 4. The first-order valence-electron chi connectivity index (χ1n) is 7.62. The quantitative estimate of drug-likeness (QED) is 0.623. The predicted octanol–water partition coefficient (Wildman–Crippen LogP) is 3.85. The van der Waals surface area contributed by atoms with Crippen LogP contribution in [0.2, 0.25) is 5.02 Å². The summed E-state index contributed by atoms with van der Waals surface area (Å²) in [6.07, 6.45) is 3.82. The molecule has 0 aliphatic heterocycles. The van der Waals surface area contributed by atoms with Crippen LogP contribution >= 0.6 is 11.6 Å². The van der Waals surface area contributed by atoms with Crippen LogP contribution in [0.3, 0.4) is 0 Å². The number of nitrogens with one attached hydrogen (secondary N) is 1. The highest BCUT2D eigenvalue weighted by Crippen LogP contribution is 2.34. The summed E-state index contributed by atoms with van der Waals surface area (Å²) in [6, 6.07) is 12.1. The summed E-state index contributed by atoms with van der Waals surface area (Å²) in [5.41, 5.74) is 1.33. The predicted molar refractivity (Wildman–Crippen MR) is 95.8 cm³/mol. The highest BCUT2D eigenvalue weighted by Gasteiger charge is 2.19. The van der Waals surface area contributed by atoms with Crippen LogP contribution in [-0.2, 0) is 6.42 Å². The summed E-state index contributed by atoms with van der Waals surface area (Å²) in [4.78, 5) is 20.1. The third kappa shape index (κ3) is 3.75. The molecule has 128 valence electrons. The number of aromatic hydroxyl groups is 1. The number of nitrogens with zero attached hydrogens (tertiary/aromatic N) is 2. The van der Waals surface area contributed by atoms with Crippen LogP contribution in [-0.4, -0.2) is 32.7 Å². The van der Waals surface area contributed by atoms with Crippen molar-refractivity contribution in [3.05, 3.63) is 71.1 Å². The zero-order valence-electron chi connectivity index (χ0n) is 13.2. The van der Waals surface area contributed by atoms with Gasteiger partial charge in [0.05, 0.1) is 18.2 Å². The van der Waals surface area contributed by atoms with E-state index in [0.29, 0.717) is 29.5 Å². The first kappa shape index (κ1) is 16.9. The molecule has 2 aromatic carbocycles. The van der Waals surface area contributed by atoms with Gasteiger partial charge in [-0.2, -0.15) is 0 Å². The topological polar surface area (TPSA) is 89.5 Å². The van der Waals surface area contributed by atoms with E-state index in [4.69, 9.17) is 11.6 Å². The molecule has 0 aliphatic rings. The maximum atomic E-state index is 11.3. The number of aromatic carboxylic acids is 1. The number of imidazole rings is 1. The van der Waals surface area contributed by atoms with Crippen molar-refractivity contribution < 1.29 is 15.0 Å². The smallest absolute Gasteiger partial charge is 0.339 e. The van der Waals surface area contributed by atoms with Gasteiger partial charge in [0.15, 0.2) is 5.75 Å². The Morgan fingerprint density at radius 2 is 1.96 bits per heavy atom. The lowest BCUT2D eigenvalue weighted by molar-refractivity contribution is 0.0694. The van der Waals surface area contributed by atoms with Crippen LogP contribution in [0.1, 0.15) is 15.9 Å². The van der Waals surface area contributed by atoms with E-state index in [9.17, 15) is 15.0 Å². The fourth-order valence-corrected chi connectivity index (χ4v) is 2.71. The van der Waals surface area contributed by atoms with Crippen LogP contribution in [0.15, 0.2) is 55.0 Å². The third-order valence-corrected chi connectivity index (χ3v) is 4.10. The van der Waals surface area contributed by atoms with E-state index in [2.05, 4.69) is 9.97 Å². The van der Waals surface area contributed by atoms with E-state index in [1.54, 1.807) is 23.2 Å². The summed E-state index contributed by atoms with van der Waals surface area (Å²) < 4.78 is 0. The lowest BCUT2D eigenvalue weighted by atomic mass is 10.1. The fraction of sp³-hybridized carbons (Fsp3) is 0.111. The number of carboxylic acid groups (broad SMARTS) is 1. The zero-order chi connectivity index (χ0) is 17.8. The molecule has 1 aromatic heterocycles. The number of H-pyrrole nitrogens is 1. The first-order valence-corrected chi connectivity index (χ1v) is 7.99. The molecule has 0 amide bonds. The molecule has 0 atom stereocenters. The molecule has 3 aromatic rings. The summed E-state index contributed by atoms with van der Waals surface area (Å²) in [5.74, 6) is -0.797. The molecule has 7 heteroatoms. The molecule has 0 fully saturated rings. The number of benzene rings is 2. The van der Waals surface area contributed by atoms with Crippen molar-refractivity contribution in [2.45, 2.75) is 6.42 Å². The number of rotatable bonds is 6. The summed E-state index contributed by atoms with van der Waals surface area (Å²) >= 11 is 5.91. The zero-order valence-corrected chi connectivity index (χ0v) is 13.9. The molecule has 1 heterocycles. The van der Waals surface area contributed by atoms with Gasteiger partial charge in [0, 0.05) is 11.6 Å². The van der Waals surface area contributed by atoms with Gasteiger partial charge in [0.2, 0.25) is 0 Å². The van der Waals surface area contributed by atoms with Crippen LogP contribution < -0.4 is 4.90 Å². The average molecular weight is 358 g/mol. The molecule has 0 radical (unpaired) electrons. The van der Waals surface area contributed by atoms with E-state index in [-0.39, 0.29) is 11.3 Å². The number of para-hydroxylation sites is 1. The minimum absolute atomic E-state index is 0.145. The minimum atomic E-state index is -1.18. The molecule has 0 unspecified atom stereocenters. The van der Waals surface area contributed by atoms with Crippen molar-refractivity contribution in [2.75, 3.05) is 11.4 Å². The molecule has 0 aliphatic carbocycles. The van der Waals surface area contributed by atoms with E-state index >= 15 is 0 Å². The number of anilines is 2. The van der Waals surface area contributed by atoms with Crippen molar-refractivity contribution in [1.29, 1.82) is 0 Å². The number of carbonyl (C=O) groups is 1. The second-order valence-corrected chi connectivity index (χ2v) is 5.88. The average Bonchev–Trinajstić information content (AvgIpc) is 3.12. The molecule has 0 saturated carbocycles. The third-order valence-electron chi connectivity index (χ3n) is 3.85. The summed E-state index contributed by atoms with van der Waals surface area (Å²) in [6.45, 7) is 0.514.